The number of nitrogens with zero attached hydrogens (tertiary/aromatic N) is 2. The quantitative estimate of drug-likeness (QED) is 0.565. The van der Waals surface area contributed by atoms with Crippen molar-refractivity contribution in [2.24, 2.45) is 0 Å². The van der Waals surface area contributed by atoms with Crippen molar-refractivity contribution in [1.29, 1.82) is 0 Å². The number of carbonyl (C=O) groups is 1. The minimum absolute atomic E-state index is 0.0550. The summed E-state index contributed by atoms with van der Waals surface area (Å²) in [7, 11) is 0. The maximum Gasteiger partial charge on any atom is 0.293 e. The molecule has 1 heterocycles. The Balaban J connectivity index is 1.41. The molecule has 31 heavy (non-hydrogen) atoms. The zero-order valence-electron chi connectivity index (χ0n) is 17.4. The van der Waals surface area contributed by atoms with Crippen LogP contribution >= 0.6 is 11.6 Å². The molecule has 0 unspecified atom stereocenters. The van der Waals surface area contributed by atoms with E-state index in [1.54, 1.807) is 25.3 Å². The van der Waals surface area contributed by atoms with Gasteiger partial charge >= 0.3 is 0 Å². The van der Waals surface area contributed by atoms with Gasteiger partial charge in [0, 0.05) is 35.4 Å². The summed E-state index contributed by atoms with van der Waals surface area (Å²) < 4.78 is 1.45. The number of nitrogens with one attached hydrogen (secondary N) is 2. The van der Waals surface area contributed by atoms with Crippen molar-refractivity contribution in [3.05, 3.63) is 93.0 Å². The van der Waals surface area contributed by atoms with E-state index in [2.05, 4.69) is 27.8 Å². The first kappa shape index (κ1) is 21.1. The van der Waals surface area contributed by atoms with Crippen LogP contribution in [0.5, 0.6) is 0 Å². The number of anilines is 1. The van der Waals surface area contributed by atoms with Gasteiger partial charge in [-0.05, 0) is 43.0 Å². The van der Waals surface area contributed by atoms with Crippen LogP contribution in [0.15, 0.2) is 65.6 Å². The van der Waals surface area contributed by atoms with E-state index >= 15 is 0 Å². The molecule has 7 heteroatoms. The lowest BCUT2D eigenvalue weighted by molar-refractivity contribution is -0.121. The maximum absolute atomic E-state index is 13.0. The van der Waals surface area contributed by atoms with Gasteiger partial charge in [-0.25, -0.2) is 4.98 Å². The summed E-state index contributed by atoms with van der Waals surface area (Å²) in [5.41, 5.74) is 2.58. The number of rotatable bonds is 8. The monoisotopic (exact) mass is 436 g/mol. The van der Waals surface area contributed by atoms with Gasteiger partial charge in [-0.1, -0.05) is 54.1 Å². The van der Waals surface area contributed by atoms with Crippen LogP contribution in [0.25, 0.3) is 0 Å². The Morgan fingerprint density at radius 1 is 1.16 bits per heavy atom. The molecular formula is C24H25ClN4O2. The van der Waals surface area contributed by atoms with Crippen molar-refractivity contribution in [3.8, 4) is 0 Å². The largest absolute Gasteiger partial charge is 0.365 e. The molecule has 1 aliphatic rings. The van der Waals surface area contributed by atoms with Crippen molar-refractivity contribution in [2.45, 2.75) is 38.3 Å². The molecule has 160 valence electrons. The van der Waals surface area contributed by atoms with Crippen LogP contribution in [0.1, 0.15) is 29.7 Å². The second-order valence-electron chi connectivity index (χ2n) is 8.05. The Kier molecular flexibility index (Phi) is 6.09. The van der Waals surface area contributed by atoms with Gasteiger partial charge < -0.3 is 10.6 Å². The minimum Gasteiger partial charge on any atom is -0.365 e. The Hall–Kier alpha value is -3.12. The molecular weight excluding hydrogens is 412 g/mol. The summed E-state index contributed by atoms with van der Waals surface area (Å²) in [4.78, 5) is 29.7. The van der Waals surface area contributed by atoms with Gasteiger partial charge in [0.1, 0.15) is 6.54 Å². The van der Waals surface area contributed by atoms with E-state index in [9.17, 15) is 9.59 Å². The molecule has 2 aromatic carbocycles. The average Bonchev–Trinajstić information content (AvgIpc) is 3.56. The standard InChI is InChI=1S/C24H25ClN4O2/c1-17-13-27-22(28-16-24(10-11-24)19-7-3-2-4-8-19)23(31)29(17)15-21(30)26-14-18-6-5-9-20(25)12-18/h2-9,12-13H,10-11,14-16H2,1H3,(H,26,30)(H,27,28). The normalized spacial score (nSPS) is 14.1. The number of hydrogen-bond acceptors (Lipinski definition) is 4. The minimum atomic E-state index is -0.290. The summed E-state index contributed by atoms with van der Waals surface area (Å²) in [6.07, 6.45) is 3.78. The summed E-state index contributed by atoms with van der Waals surface area (Å²) in [6.45, 7) is 2.70. The smallest absolute Gasteiger partial charge is 0.293 e. The number of hydrogen-bond donors (Lipinski definition) is 2. The number of benzene rings is 2. The van der Waals surface area contributed by atoms with Crippen LogP contribution in [-0.2, 0) is 23.3 Å². The fourth-order valence-corrected chi connectivity index (χ4v) is 3.91. The first-order chi connectivity index (χ1) is 15.0. The first-order valence-electron chi connectivity index (χ1n) is 10.3. The second kappa shape index (κ2) is 8.94. The lowest BCUT2D eigenvalue weighted by Crippen LogP contribution is -2.35. The average molecular weight is 437 g/mol. The summed E-state index contributed by atoms with van der Waals surface area (Å²) in [5.74, 6) is 0.0284. The molecule has 4 rings (SSSR count). The van der Waals surface area contributed by atoms with E-state index in [0.717, 1.165) is 18.4 Å². The molecule has 1 saturated carbocycles. The summed E-state index contributed by atoms with van der Waals surface area (Å²) >= 11 is 5.98. The summed E-state index contributed by atoms with van der Waals surface area (Å²) in [6, 6.07) is 17.6. The molecule has 1 fully saturated rings. The van der Waals surface area contributed by atoms with Gasteiger partial charge in [-0.15, -0.1) is 0 Å². The highest BCUT2D eigenvalue weighted by molar-refractivity contribution is 6.30. The predicted octanol–water partition coefficient (Wildman–Crippen LogP) is 3.67. The van der Waals surface area contributed by atoms with Gasteiger partial charge in [0.2, 0.25) is 5.91 Å². The molecule has 1 aromatic heterocycles. The Bertz CT molecular complexity index is 1140. The molecule has 0 saturated heterocycles. The van der Waals surface area contributed by atoms with Gasteiger partial charge in [0.25, 0.3) is 5.56 Å². The predicted molar refractivity (Wildman–Crippen MR) is 122 cm³/mol. The van der Waals surface area contributed by atoms with Crippen LogP contribution < -0.4 is 16.2 Å². The molecule has 2 N–H and O–H groups in total. The van der Waals surface area contributed by atoms with Crippen LogP contribution in [0.4, 0.5) is 5.82 Å². The van der Waals surface area contributed by atoms with Crippen molar-refractivity contribution in [3.63, 3.8) is 0 Å². The van der Waals surface area contributed by atoms with E-state index in [1.165, 1.54) is 10.1 Å². The molecule has 3 aromatic rings. The molecule has 1 amide bonds. The summed E-state index contributed by atoms with van der Waals surface area (Å²) in [5, 5.41) is 6.68. The molecule has 0 radical (unpaired) electrons. The fourth-order valence-electron chi connectivity index (χ4n) is 3.70. The highest BCUT2D eigenvalue weighted by Gasteiger charge is 2.44. The van der Waals surface area contributed by atoms with E-state index in [1.807, 2.05) is 30.3 Å². The number of carbonyl (C=O) groups excluding carboxylic acids is 1. The molecule has 0 spiro atoms. The number of amides is 1. The zero-order valence-corrected chi connectivity index (χ0v) is 18.2. The van der Waals surface area contributed by atoms with Gasteiger partial charge in [0.15, 0.2) is 5.82 Å². The van der Waals surface area contributed by atoms with Crippen LogP contribution in [-0.4, -0.2) is 22.0 Å². The van der Waals surface area contributed by atoms with Gasteiger partial charge in [-0.3, -0.25) is 14.2 Å². The van der Waals surface area contributed by atoms with E-state index in [4.69, 9.17) is 11.6 Å². The number of aromatic nitrogens is 2. The van der Waals surface area contributed by atoms with Crippen LogP contribution in [0, 0.1) is 6.92 Å². The van der Waals surface area contributed by atoms with Crippen LogP contribution in [0.3, 0.4) is 0 Å². The second-order valence-corrected chi connectivity index (χ2v) is 8.48. The third kappa shape index (κ3) is 4.97. The molecule has 6 nitrogen and oxygen atoms in total. The highest BCUT2D eigenvalue weighted by atomic mass is 35.5. The molecule has 1 aliphatic carbocycles. The zero-order chi connectivity index (χ0) is 21.8. The maximum atomic E-state index is 13.0. The topological polar surface area (TPSA) is 76.0 Å². The third-order valence-corrected chi connectivity index (χ3v) is 6.00. The van der Waals surface area contributed by atoms with Gasteiger partial charge in [0.05, 0.1) is 0 Å². The SMILES string of the molecule is Cc1cnc(NCC2(c3ccccc3)CC2)c(=O)n1CC(=O)NCc1cccc(Cl)c1. The first-order valence-corrected chi connectivity index (χ1v) is 10.7. The van der Waals surface area contributed by atoms with Crippen LogP contribution in [0.2, 0.25) is 5.02 Å². The molecule has 0 aliphatic heterocycles. The lowest BCUT2D eigenvalue weighted by atomic mass is 9.96. The highest BCUT2D eigenvalue weighted by Crippen LogP contribution is 2.47. The van der Waals surface area contributed by atoms with Crippen molar-refractivity contribution in [1.82, 2.24) is 14.9 Å². The fraction of sp³-hybridized carbons (Fsp3) is 0.292. The Morgan fingerprint density at radius 3 is 2.65 bits per heavy atom. The Morgan fingerprint density at radius 2 is 1.94 bits per heavy atom. The lowest BCUT2D eigenvalue weighted by Gasteiger charge is -2.18. The van der Waals surface area contributed by atoms with E-state index < -0.39 is 0 Å². The van der Waals surface area contributed by atoms with Crippen molar-refractivity contribution < 1.29 is 4.79 Å². The third-order valence-electron chi connectivity index (χ3n) is 5.77. The van der Waals surface area contributed by atoms with Crippen molar-refractivity contribution >= 4 is 23.3 Å². The Labute approximate surface area is 186 Å². The number of aryl methyl sites for hydroxylation is 1. The van der Waals surface area contributed by atoms with Crippen molar-refractivity contribution in [2.75, 3.05) is 11.9 Å². The van der Waals surface area contributed by atoms with E-state index in [0.29, 0.717) is 23.8 Å². The van der Waals surface area contributed by atoms with Gasteiger partial charge in [-0.2, -0.15) is 0 Å². The molecule has 0 atom stereocenters. The molecule has 0 bridgehead atoms. The van der Waals surface area contributed by atoms with E-state index in [-0.39, 0.29) is 29.2 Å². The number of halogens is 1.